The van der Waals surface area contributed by atoms with Crippen molar-refractivity contribution >= 4 is 5.97 Å². The van der Waals surface area contributed by atoms with Crippen molar-refractivity contribution in [3.63, 3.8) is 0 Å². The van der Waals surface area contributed by atoms with Crippen LogP contribution < -0.4 is 5.73 Å². The Labute approximate surface area is 138 Å². The molecule has 0 aliphatic rings. The highest BCUT2D eigenvalue weighted by atomic mass is 19.4. The first-order valence-corrected chi connectivity index (χ1v) is 7.30. The zero-order valence-corrected chi connectivity index (χ0v) is 13.4. The van der Waals surface area contributed by atoms with Crippen molar-refractivity contribution in [2.75, 3.05) is 6.61 Å². The summed E-state index contributed by atoms with van der Waals surface area (Å²) < 4.78 is 43.2. The van der Waals surface area contributed by atoms with Gasteiger partial charge in [0.15, 0.2) is 0 Å². The second-order valence-electron chi connectivity index (χ2n) is 6.19. The van der Waals surface area contributed by atoms with E-state index in [-0.39, 0.29) is 12.2 Å². The maximum absolute atomic E-state index is 12.7. The van der Waals surface area contributed by atoms with Crippen LogP contribution in [-0.2, 0) is 10.9 Å². The van der Waals surface area contributed by atoms with Crippen LogP contribution in [0.5, 0.6) is 0 Å². The maximum Gasteiger partial charge on any atom is 0.416 e. The summed E-state index contributed by atoms with van der Waals surface area (Å²) in [6, 6.07) is 11.2. The number of hydrogen-bond donors (Lipinski definition) is 1. The zero-order valence-electron chi connectivity index (χ0n) is 13.4. The van der Waals surface area contributed by atoms with Gasteiger partial charge in [-0.15, -0.1) is 0 Å². The summed E-state index contributed by atoms with van der Waals surface area (Å²) in [5, 5.41) is 0. The van der Waals surface area contributed by atoms with E-state index in [4.69, 9.17) is 10.5 Å². The SMILES string of the molecule is CC(C)(N)COC(=O)c1ccccc1-c1ccc(C(F)(F)F)cc1. The molecule has 2 aromatic rings. The number of rotatable bonds is 4. The molecule has 3 nitrogen and oxygen atoms in total. The van der Waals surface area contributed by atoms with Crippen LogP contribution in [0, 0.1) is 0 Å². The van der Waals surface area contributed by atoms with E-state index in [1.54, 1.807) is 38.1 Å². The third-order valence-electron chi connectivity index (χ3n) is 3.25. The van der Waals surface area contributed by atoms with Gasteiger partial charge in [-0.25, -0.2) is 4.79 Å². The molecule has 0 bridgehead atoms. The van der Waals surface area contributed by atoms with E-state index in [0.717, 1.165) is 12.1 Å². The van der Waals surface area contributed by atoms with E-state index in [0.29, 0.717) is 11.1 Å². The average Bonchev–Trinajstić information content (AvgIpc) is 2.51. The van der Waals surface area contributed by atoms with E-state index in [9.17, 15) is 18.0 Å². The fraction of sp³-hybridized carbons (Fsp3) is 0.278. The molecule has 2 N–H and O–H groups in total. The van der Waals surface area contributed by atoms with Crippen molar-refractivity contribution in [1.29, 1.82) is 0 Å². The van der Waals surface area contributed by atoms with E-state index >= 15 is 0 Å². The summed E-state index contributed by atoms with van der Waals surface area (Å²) in [4.78, 5) is 12.3. The van der Waals surface area contributed by atoms with E-state index in [2.05, 4.69) is 0 Å². The Bertz CT molecular complexity index is 716. The first-order valence-electron chi connectivity index (χ1n) is 7.30. The number of ether oxygens (including phenoxy) is 1. The molecule has 0 radical (unpaired) electrons. The fourth-order valence-electron chi connectivity index (χ4n) is 2.08. The molecule has 24 heavy (non-hydrogen) atoms. The summed E-state index contributed by atoms with van der Waals surface area (Å²) in [6.07, 6.45) is -4.40. The quantitative estimate of drug-likeness (QED) is 0.848. The smallest absolute Gasteiger partial charge is 0.416 e. The van der Waals surface area contributed by atoms with E-state index in [1.165, 1.54) is 12.1 Å². The molecule has 6 heteroatoms. The fourth-order valence-corrected chi connectivity index (χ4v) is 2.08. The lowest BCUT2D eigenvalue weighted by Crippen LogP contribution is -2.38. The molecule has 0 amide bonds. The summed E-state index contributed by atoms with van der Waals surface area (Å²) in [5.41, 5.74) is 5.66. The summed E-state index contributed by atoms with van der Waals surface area (Å²) in [6.45, 7) is 3.48. The monoisotopic (exact) mass is 337 g/mol. The lowest BCUT2D eigenvalue weighted by molar-refractivity contribution is -0.137. The lowest BCUT2D eigenvalue weighted by atomic mass is 9.98. The van der Waals surface area contributed by atoms with Gasteiger partial charge in [-0.2, -0.15) is 13.2 Å². The van der Waals surface area contributed by atoms with Crippen molar-refractivity contribution in [3.8, 4) is 11.1 Å². The van der Waals surface area contributed by atoms with Gasteiger partial charge in [0, 0.05) is 5.54 Å². The summed E-state index contributed by atoms with van der Waals surface area (Å²) in [5.74, 6) is -0.566. The highest BCUT2D eigenvalue weighted by molar-refractivity contribution is 5.97. The van der Waals surface area contributed by atoms with Crippen molar-refractivity contribution in [2.24, 2.45) is 5.73 Å². The summed E-state index contributed by atoms with van der Waals surface area (Å²) in [7, 11) is 0. The first kappa shape index (κ1) is 18.0. The Hall–Kier alpha value is -2.34. The average molecular weight is 337 g/mol. The Balaban J connectivity index is 2.30. The number of hydrogen-bond acceptors (Lipinski definition) is 3. The predicted molar refractivity (Wildman–Crippen MR) is 85.4 cm³/mol. The van der Waals surface area contributed by atoms with Crippen molar-refractivity contribution in [1.82, 2.24) is 0 Å². The Kier molecular flexibility index (Phi) is 4.99. The topological polar surface area (TPSA) is 52.3 Å². The standard InChI is InChI=1S/C18H18F3NO2/c1-17(2,22)11-24-16(23)15-6-4-3-5-14(15)12-7-9-13(10-8-12)18(19,20)21/h3-10H,11,22H2,1-2H3. The number of halogens is 3. The van der Waals surface area contributed by atoms with Gasteiger partial charge in [-0.1, -0.05) is 30.3 Å². The van der Waals surface area contributed by atoms with Crippen LogP contribution in [0.4, 0.5) is 13.2 Å². The highest BCUT2D eigenvalue weighted by Gasteiger charge is 2.30. The molecule has 0 fully saturated rings. The van der Waals surface area contributed by atoms with Crippen LogP contribution >= 0.6 is 0 Å². The van der Waals surface area contributed by atoms with Crippen LogP contribution in [-0.4, -0.2) is 18.1 Å². The van der Waals surface area contributed by atoms with Gasteiger partial charge in [0.05, 0.1) is 11.1 Å². The molecule has 2 rings (SSSR count). The molecule has 0 aliphatic carbocycles. The van der Waals surface area contributed by atoms with Crippen molar-refractivity contribution in [2.45, 2.75) is 25.6 Å². The Morgan fingerprint density at radius 1 is 1.04 bits per heavy atom. The van der Waals surface area contributed by atoms with E-state index < -0.39 is 23.2 Å². The number of esters is 1. The molecule has 0 saturated carbocycles. The molecule has 0 spiro atoms. The molecule has 0 aliphatic heterocycles. The van der Waals surface area contributed by atoms with Crippen LogP contribution in [0.1, 0.15) is 29.8 Å². The number of nitrogens with two attached hydrogens (primary N) is 1. The largest absolute Gasteiger partial charge is 0.460 e. The molecule has 2 aromatic carbocycles. The molecular formula is C18H18F3NO2. The van der Waals surface area contributed by atoms with Crippen molar-refractivity contribution in [3.05, 3.63) is 59.7 Å². The normalized spacial score (nSPS) is 12.1. The van der Waals surface area contributed by atoms with Crippen molar-refractivity contribution < 1.29 is 22.7 Å². The Morgan fingerprint density at radius 3 is 2.17 bits per heavy atom. The zero-order chi connectivity index (χ0) is 18.0. The van der Waals surface area contributed by atoms with Crippen LogP contribution in [0.25, 0.3) is 11.1 Å². The van der Waals surface area contributed by atoms with Crippen LogP contribution in [0.15, 0.2) is 48.5 Å². The van der Waals surface area contributed by atoms with Gasteiger partial charge in [0.2, 0.25) is 0 Å². The third-order valence-corrected chi connectivity index (χ3v) is 3.25. The minimum absolute atomic E-state index is 0.0349. The van der Waals surface area contributed by atoms with E-state index in [1.807, 2.05) is 0 Å². The number of benzene rings is 2. The lowest BCUT2D eigenvalue weighted by Gasteiger charge is -2.18. The first-order chi connectivity index (χ1) is 11.1. The number of carbonyl (C=O) groups is 1. The molecule has 0 atom stereocenters. The molecular weight excluding hydrogens is 319 g/mol. The van der Waals surface area contributed by atoms with Crippen LogP contribution in [0.3, 0.4) is 0 Å². The minimum Gasteiger partial charge on any atom is -0.460 e. The Morgan fingerprint density at radius 2 is 1.62 bits per heavy atom. The minimum atomic E-state index is -4.40. The van der Waals surface area contributed by atoms with Gasteiger partial charge >= 0.3 is 12.1 Å². The second kappa shape index (κ2) is 6.65. The maximum atomic E-state index is 12.7. The molecule has 0 unspecified atom stereocenters. The number of alkyl halides is 3. The van der Waals surface area contributed by atoms with Gasteiger partial charge in [-0.3, -0.25) is 0 Å². The highest BCUT2D eigenvalue weighted by Crippen LogP contribution is 2.32. The van der Waals surface area contributed by atoms with Gasteiger partial charge in [-0.05, 0) is 43.2 Å². The molecule has 0 saturated heterocycles. The van der Waals surface area contributed by atoms with Crippen LogP contribution in [0.2, 0.25) is 0 Å². The molecule has 0 aromatic heterocycles. The van der Waals surface area contributed by atoms with Gasteiger partial charge < -0.3 is 10.5 Å². The molecule has 128 valence electrons. The molecule has 0 heterocycles. The predicted octanol–water partition coefficient (Wildman–Crippen LogP) is 4.27. The third kappa shape index (κ3) is 4.58. The van der Waals surface area contributed by atoms with Gasteiger partial charge in [0.1, 0.15) is 6.61 Å². The van der Waals surface area contributed by atoms with Gasteiger partial charge in [0.25, 0.3) is 0 Å². The summed E-state index contributed by atoms with van der Waals surface area (Å²) >= 11 is 0. The second-order valence-corrected chi connectivity index (χ2v) is 6.19. The number of carbonyl (C=O) groups excluding carboxylic acids is 1.